The number of halogens is 6. The van der Waals surface area contributed by atoms with Gasteiger partial charge in [-0.2, -0.15) is 31.6 Å². The Kier molecular flexibility index (Phi) is 8.36. The molecule has 0 aliphatic rings. The molecule has 2 aromatic rings. The second-order valence-electron chi connectivity index (χ2n) is 7.39. The van der Waals surface area contributed by atoms with E-state index in [0.717, 1.165) is 24.4 Å². The van der Waals surface area contributed by atoms with Gasteiger partial charge in [0.2, 0.25) is 0 Å². The molecule has 33 heavy (non-hydrogen) atoms. The SMILES string of the molecule is CN=Cc1ccc(O[C@H](C)CC[C@@H](C)Oc2ccc(C#N)c(C(F)(F)F)c2)cc1C(F)(F)F. The largest absolute Gasteiger partial charge is 0.491 e. The van der Waals surface area contributed by atoms with E-state index in [0.29, 0.717) is 12.8 Å². The molecule has 0 aromatic heterocycles. The molecule has 0 spiro atoms. The molecule has 0 aliphatic carbocycles. The maximum absolute atomic E-state index is 13.3. The number of nitrogens with zero attached hydrogens (tertiary/aromatic N) is 2. The van der Waals surface area contributed by atoms with E-state index in [4.69, 9.17) is 14.7 Å². The fourth-order valence-corrected chi connectivity index (χ4v) is 3.09. The van der Waals surface area contributed by atoms with Crippen LogP contribution in [0, 0.1) is 11.3 Å². The average Bonchev–Trinajstić information content (AvgIpc) is 2.72. The minimum Gasteiger partial charge on any atom is -0.491 e. The van der Waals surface area contributed by atoms with Crippen LogP contribution < -0.4 is 9.47 Å². The van der Waals surface area contributed by atoms with Gasteiger partial charge in [-0.15, -0.1) is 0 Å². The third-order valence-corrected chi connectivity index (χ3v) is 4.67. The smallest absolute Gasteiger partial charge is 0.417 e. The minimum absolute atomic E-state index is 0.0367. The van der Waals surface area contributed by atoms with Crippen molar-refractivity contribution in [2.45, 2.75) is 51.2 Å². The van der Waals surface area contributed by atoms with Gasteiger partial charge in [0.1, 0.15) is 11.5 Å². The van der Waals surface area contributed by atoms with Crippen molar-refractivity contribution < 1.29 is 35.8 Å². The molecule has 2 aromatic carbocycles. The van der Waals surface area contributed by atoms with Crippen molar-refractivity contribution in [3.05, 3.63) is 58.7 Å². The zero-order valence-corrected chi connectivity index (χ0v) is 18.1. The van der Waals surface area contributed by atoms with Crippen molar-refractivity contribution in [1.29, 1.82) is 5.26 Å². The lowest BCUT2D eigenvalue weighted by molar-refractivity contribution is -0.138. The predicted octanol–water partition coefficient (Wildman–Crippen LogP) is 6.66. The van der Waals surface area contributed by atoms with Crippen molar-refractivity contribution in [1.82, 2.24) is 0 Å². The summed E-state index contributed by atoms with van der Waals surface area (Å²) < 4.78 is 90.2. The molecule has 0 amide bonds. The summed E-state index contributed by atoms with van der Waals surface area (Å²) in [7, 11) is 1.37. The van der Waals surface area contributed by atoms with Gasteiger partial charge in [-0.1, -0.05) is 0 Å². The highest BCUT2D eigenvalue weighted by molar-refractivity contribution is 5.82. The first-order valence-corrected chi connectivity index (χ1v) is 9.93. The lowest BCUT2D eigenvalue weighted by Gasteiger charge is -2.20. The molecule has 178 valence electrons. The van der Waals surface area contributed by atoms with Crippen molar-refractivity contribution in [3.63, 3.8) is 0 Å². The Morgan fingerprint density at radius 3 is 1.82 bits per heavy atom. The number of alkyl halides is 6. The number of hydrogen-bond acceptors (Lipinski definition) is 4. The van der Waals surface area contributed by atoms with E-state index in [2.05, 4.69) is 4.99 Å². The van der Waals surface area contributed by atoms with Crippen LogP contribution in [0.25, 0.3) is 0 Å². The normalized spacial score (nSPS) is 14.1. The maximum atomic E-state index is 13.3. The molecule has 0 radical (unpaired) electrons. The monoisotopic (exact) mass is 472 g/mol. The topological polar surface area (TPSA) is 54.6 Å². The Morgan fingerprint density at radius 1 is 0.879 bits per heavy atom. The summed E-state index contributed by atoms with van der Waals surface area (Å²) in [6.07, 6.45) is -8.38. The van der Waals surface area contributed by atoms with Gasteiger partial charge in [0, 0.05) is 18.8 Å². The molecular formula is C23H22F6N2O2. The van der Waals surface area contributed by atoms with Gasteiger partial charge < -0.3 is 9.47 Å². The number of nitriles is 1. The summed E-state index contributed by atoms with van der Waals surface area (Å²) in [5.41, 5.74) is -2.52. The van der Waals surface area contributed by atoms with E-state index in [1.165, 1.54) is 31.3 Å². The molecule has 0 bridgehead atoms. The summed E-state index contributed by atoms with van der Waals surface area (Å²) >= 11 is 0. The molecule has 0 fully saturated rings. The fourth-order valence-electron chi connectivity index (χ4n) is 3.09. The summed E-state index contributed by atoms with van der Waals surface area (Å²) in [5, 5.41) is 8.85. The second-order valence-corrected chi connectivity index (χ2v) is 7.39. The van der Waals surface area contributed by atoms with Gasteiger partial charge in [0.05, 0.1) is 35.0 Å². The van der Waals surface area contributed by atoms with Crippen LogP contribution in [0.15, 0.2) is 41.4 Å². The predicted molar refractivity (Wildman–Crippen MR) is 111 cm³/mol. The van der Waals surface area contributed by atoms with Gasteiger partial charge in [-0.25, -0.2) is 0 Å². The van der Waals surface area contributed by atoms with Gasteiger partial charge >= 0.3 is 12.4 Å². The van der Waals surface area contributed by atoms with Crippen LogP contribution >= 0.6 is 0 Å². The van der Waals surface area contributed by atoms with E-state index in [9.17, 15) is 26.3 Å². The van der Waals surface area contributed by atoms with Crippen LogP contribution in [0.5, 0.6) is 11.5 Å². The van der Waals surface area contributed by atoms with Crippen molar-refractivity contribution in [3.8, 4) is 17.6 Å². The van der Waals surface area contributed by atoms with Gasteiger partial charge in [-0.3, -0.25) is 4.99 Å². The molecule has 4 nitrogen and oxygen atoms in total. The Balaban J connectivity index is 2.00. The van der Waals surface area contributed by atoms with E-state index in [1.54, 1.807) is 13.8 Å². The fraction of sp³-hybridized carbons (Fsp3) is 0.391. The highest BCUT2D eigenvalue weighted by Crippen LogP contribution is 2.35. The Bertz CT molecular complexity index is 1030. The lowest BCUT2D eigenvalue weighted by atomic mass is 10.1. The van der Waals surface area contributed by atoms with Crippen LogP contribution in [0.3, 0.4) is 0 Å². The molecule has 0 aliphatic heterocycles. The summed E-state index contributed by atoms with van der Waals surface area (Å²) in [6, 6.07) is 8.19. The third-order valence-electron chi connectivity index (χ3n) is 4.67. The molecular weight excluding hydrogens is 450 g/mol. The van der Waals surface area contributed by atoms with E-state index in [1.807, 2.05) is 0 Å². The first-order valence-electron chi connectivity index (χ1n) is 9.93. The highest BCUT2D eigenvalue weighted by atomic mass is 19.4. The van der Waals surface area contributed by atoms with Crippen LogP contribution in [-0.2, 0) is 12.4 Å². The van der Waals surface area contributed by atoms with Crippen LogP contribution in [0.2, 0.25) is 0 Å². The Morgan fingerprint density at radius 2 is 1.36 bits per heavy atom. The molecule has 2 rings (SSSR count). The number of hydrogen-bond donors (Lipinski definition) is 0. The van der Waals surface area contributed by atoms with E-state index < -0.39 is 41.3 Å². The van der Waals surface area contributed by atoms with Gasteiger partial charge in [0.15, 0.2) is 0 Å². The third kappa shape index (κ3) is 7.41. The molecule has 0 unspecified atom stereocenters. The van der Waals surface area contributed by atoms with Gasteiger partial charge in [-0.05, 0) is 63.1 Å². The molecule has 2 atom stereocenters. The average molecular weight is 472 g/mol. The number of benzene rings is 2. The Hall–Kier alpha value is -3.22. The zero-order chi connectivity index (χ0) is 24.8. The van der Waals surface area contributed by atoms with E-state index >= 15 is 0 Å². The van der Waals surface area contributed by atoms with E-state index in [-0.39, 0.29) is 17.1 Å². The molecule has 0 saturated carbocycles. The Labute approximate surface area is 187 Å². The molecule has 0 heterocycles. The number of ether oxygens (including phenoxy) is 2. The van der Waals surface area contributed by atoms with Gasteiger partial charge in [0.25, 0.3) is 0 Å². The highest BCUT2D eigenvalue weighted by Gasteiger charge is 2.35. The van der Waals surface area contributed by atoms with Crippen molar-refractivity contribution in [2.75, 3.05) is 7.05 Å². The van der Waals surface area contributed by atoms with Crippen molar-refractivity contribution in [2.24, 2.45) is 4.99 Å². The van der Waals surface area contributed by atoms with Crippen molar-refractivity contribution >= 4 is 6.21 Å². The van der Waals surface area contributed by atoms with Crippen LogP contribution in [0.4, 0.5) is 26.3 Å². The summed E-state index contributed by atoms with van der Waals surface area (Å²) in [4.78, 5) is 3.62. The summed E-state index contributed by atoms with van der Waals surface area (Å²) in [6.45, 7) is 3.32. The van der Waals surface area contributed by atoms with Crippen LogP contribution in [-0.4, -0.2) is 25.5 Å². The summed E-state index contributed by atoms with van der Waals surface area (Å²) in [5.74, 6) is 0.00366. The first kappa shape index (κ1) is 26.0. The quantitative estimate of drug-likeness (QED) is 0.319. The second kappa shape index (κ2) is 10.6. The minimum atomic E-state index is -4.69. The maximum Gasteiger partial charge on any atom is 0.417 e. The standard InChI is InChI=1S/C23H22F6N2O2/c1-14(32-18-8-6-16(12-30)20(10-18)22(24,25)26)4-5-15(2)33-19-9-7-17(13-31-3)21(11-19)23(27,28)29/h6-11,13-15H,4-5H2,1-3H3/t14-,15-/m1/s1. The number of rotatable bonds is 8. The first-order chi connectivity index (χ1) is 15.3. The molecule has 10 heteroatoms. The van der Waals surface area contributed by atoms with Crippen LogP contribution in [0.1, 0.15) is 48.9 Å². The number of aliphatic imine (C=N–C) groups is 1. The lowest BCUT2D eigenvalue weighted by Crippen LogP contribution is -2.19. The molecule has 0 saturated heterocycles. The zero-order valence-electron chi connectivity index (χ0n) is 18.1. The molecule has 0 N–H and O–H groups in total.